The fourth-order valence-corrected chi connectivity index (χ4v) is 18.0. The van der Waals surface area contributed by atoms with Gasteiger partial charge in [-0.2, -0.15) is 0 Å². The van der Waals surface area contributed by atoms with Crippen molar-refractivity contribution in [2.45, 2.75) is 84.1 Å². The summed E-state index contributed by atoms with van der Waals surface area (Å²) in [6.45, 7) is 21.4. The molecule has 0 N–H and O–H groups in total. The van der Waals surface area contributed by atoms with Crippen LogP contribution in [-0.4, -0.2) is 15.4 Å². The average molecular weight is 539 g/mol. The molecule has 2 aliphatic heterocycles. The predicted molar refractivity (Wildman–Crippen MR) is 162 cm³/mol. The molecule has 2 atom stereocenters. The van der Waals surface area contributed by atoms with E-state index in [0.29, 0.717) is 16.6 Å². The maximum atomic E-state index is 7.54. The molecule has 0 bridgehead atoms. The summed E-state index contributed by atoms with van der Waals surface area (Å²) in [5.74, 6) is 2.18. The van der Waals surface area contributed by atoms with E-state index in [1.807, 2.05) is 0 Å². The lowest BCUT2D eigenvalue weighted by atomic mass is 9.89. The first-order chi connectivity index (χ1) is 16.9. The van der Waals surface area contributed by atoms with E-state index in [2.05, 4.69) is 134 Å². The molecule has 2 heterocycles. The zero-order chi connectivity index (χ0) is 26.5. The Kier molecular flexibility index (Phi) is 7.66. The van der Waals surface area contributed by atoms with Gasteiger partial charge < -0.3 is 9.16 Å². The van der Waals surface area contributed by atoms with E-state index >= 15 is 0 Å². The summed E-state index contributed by atoms with van der Waals surface area (Å²) in [6, 6.07) is 19.6. The van der Waals surface area contributed by atoms with Gasteiger partial charge in [-0.25, -0.2) is 0 Å². The van der Waals surface area contributed by atoms with Gasteiger partial charge in [-0.1, -0.05) is 116 Å². The molecule has 2 nitrogen and oxygen atoms in total. The lowest BCUT2D eigenvalue weighted by Crippen LogP contribution is -2.48. The van der Waals surface area contributed by atoms with Crippen LogP contribution < -0.4 is 4.74 Å². The van der Waals surface area contributed by atoms with Crippen LogP contribution in [-0.2, 0) is 9.58 Å². The summed E-state index contributed by atoms with van der Waals surface area (Å²) in [7, 11) is -0.806. The maximum Gasteiger partial charge on any atom is 0.258 e. The summed E-state index contributed by atoms with van der Waals surface area (Å²) in [6.07, 6.45) is 2.55. The Morgan fingerprint density at radius 1 is 0.861 bits per heavy atom. The molecule has 2 aromatic carbocycles. The number of rotatable bonds is 8. The highest BCUT2D eigenvalue weighted by atomic mass is 32.7. The lowest BCUT2D eigenvalue weighted by molar-refractivity contribution is 0.264. The maximum absolute atomic E-state index is 7.54. The lowest BCUT2D eigenvalue weighted by Gasteiger charge is -2.45. The van der Waals surface area contributed by atoms with Crippen molar-refractivity contribution in [3.8, 4) is 5.75 Å². The van der Waals surface area contributed by atoms with Crippen LogP contribution in [0, 0.1) is 5.41 Å². The van der Waals surface area contributed by atoms with Crippen LogP contribution in [0.1, 0.15) is 73.4 Å². The van der Waals surface area contributed by atoms with Crippen molar-refractivity contribution in [1.29, 1.82) is 0 Å². The third kappa shape index (κ3) is 4.52. The van der Waals surface area contributed by atoms with Gasteiger partial charge in [0, 0.05) is 22.8 Å². The van der Waals surface area contributed by atoms with Crippen molar-refractivity contribution in [3.05, 3.63) is 82.9 Å². The number of hydrogen-bond acceptors (Lipinski definition) is 3. The Bertz CT molecular complexity index is 1120. The van der Waals surface area contributed by atoms with Crippen LogP contribution in [0.2, 0.25) is 16.6 Å². The van der Waals surface area contributed by atoms with Crippen LogP contribution in [0.4, 0.5) is 0 Å². The molecular formula is C31H43O2PSSi. The van der Waals surface area contributed by atoms with E-state index in [9.17, 15) is 0 Å². The fraction of sp³-hybridized carbons (Fsp3) is 0.484. The minimum atomic E-state index is -2.09. The summed E-state index contributed by atoms with van der Waals surface area (Å²) < 4.78 is 12.9. The van der Waals surface area contributed by atoms with Crippen LogP contribution in [0.5, 0.6) is 5.75 Å². The Morgan fingerprint density at radius 2 is 1.42 bits per heavy atom. The smallest absolute Gasteiger partial charge is 0.258 e. The second-order valence-corrected chi connectivity index (χ2v) is 21.5. The molecule has 2 unspecified atom stereocenters. The fourth-order valence-electron chi connectivity index (χ4n) is 6.07. The van der Waals surface area contributed by atoms with Crippen molar-refractivity contribution in [2.24, 2.45) is 5.41 Å². The number of benzene rings is 2. The molecule has 0 amide bonds. The van der Waals surface area contributed by atoms with Gasteiger partial charge >= 0.3 is 0 Å². The van der Waals surface area contributed by atoms with Gasteiger partial charge in [-0.3, -0.25) is 0 Å². The molecule has 1 saturated heterocycles. The number of hydrogen-bond donors (Lipinski definition) is 0. The minimum Gasteiger partial charge on any atom is -0.545 e. The SMILES string of the molecule is COc1ccc(C2=CC3(c4ccccc4)/C(=C(/O[Si](C(C)C)(C(C)C)C(C)C)C(C)(C)C)P3S2)cc1. The highest BCUT2D eigenvalue weighted by Gasteiger charge is 2.67. The zero-order valence-electron chi connectivity index (χ0n) is 23.7. The molecule has 0 saturated carbocycles. The first kappa shape index (κ1) is 27.5. The van der Waals surface area contributed by atoms with Gasteiger partial charge in [0.1, 0.15) is 5.75 Å². The molecule has 0 spiro atoms. The van der Waals surface area contributed by atoms with Crippen molar-refractivity contribution in [1.82, 2.24) is 0 Å². The number of allylic oxidation sites excluding steroid dienone is 3. The quantitative estimate of drug-likeness (QED) is 0.189. The summed E-state index contributed by atoms with van der Waals surface area (Å²) in [5.41, 5.74) is 4.28. The van der Waals surface area contributed by atoms with E-state index in [4.69, 9.17) is 9.16 Å². The van der Waals surface area contributed by atoms with E-state index in [-0.39, 0.29) is 10.6 Å². The Labute approximate surface area is 225 Å². The van der Waals surface area contributed by atoms with Gasteiger partial charge in [0.05, 0.1) is 18.0 Å². The van der Waals surface area contributed by atoms with E-state index in [1.54, 1.807) is 12.4 Å². The van der Waals surface area contributed by atoms with Gasteiger partial charge in [0.25, 0.3) is 8.32 Å². The first-order valence-electron chi connectivity index (χ1n) is 13.2. The standard InChI is InChI=1S/C31H43O2PSSi/c1-21(2)36(22(3)4,23(5)6)33-28(30(7,8)9)29-31(25-14-12-11-13-15-25)20-27(35-34(29)31)24-16-18-26(32-10)19-17-24/h11-23H,1-10H3/b29-28-. The Hall–Kier alpha value is -1.48. The van der Waals surface area contributed by atoms with Gasteiger partial charge in [-0.15, -0.1) is 0 Å². The predicted octanol–water partition coefficient (Wildman–Crippen LogP) is 10.5. The molecular weight excluding hydrogens is 495 g/mol. The first-order valence-corrected chi connectivity index (χ1v) is 18.1. The second kappa shape index (κ2) is 10.0. The van der Waals surface area contributed by atoms with E-state index < -0.39 is 15.4 Å². The topological polar surface area (TPSA) is 18.5 Å². The highest BCUT2D eigenvalue weighted by molar-refractivity contribution is 8.64. The van der Waals surface area contributed by atoms with Crippen LogP contribution in [0.15, 0.2) is 71.7 Å². The van der Waals surface area contributed by atoms with Gasteiger partial charge in [-0.05, 0) is 46.0 Å². The van der Waals surface area contributed by atoms with Crippen LogP contribution >= 0.6 is 18.5 Å². The number of fused-ring (bicyclic) bond motifs is 1. The van der Waals surface area contributed by atoms with Crippen molar-refractivity contribution in [2.75, 3.05) is 7.11 Å². The highest BCUT2D eigenvalue weighted by Crippen LogP contribution is 2.97. The molecule has 4 rings (SSSR count). The van der Waals surface area contributed by atoms with Crippen molar-refractivity contribution in [3.63, 3.8) is 0 Å². The molecule has 1 fully saturated rings. The molecule has 2 aliphatic rings. The van der Waals surface area contributed by atoms with Gasteiger partial charge in [0.2, 0.25) is 0 Å². The van der Waals surface area contributed by atoms with Crippen LogP contribution in [0.25, 0.3) is 4.91 Å². The third-order valence-electron chi connectivity index (χ3n) is 7.83. The second-order valence-electron chi connectivity index (χ2n) is 12.1. The van der Waals surface area contributed by atoms with E-state index in [0.717, 1.165) is 5.75 Å². The number of methoxy groups -OCH3 is 1. The van der Waals surface area contributed by atoms with E-state index in [1.165, 1.54) is 21.8 Å². The largest absolute Gasteiger partial charge is 0.545 e. The molecule has 194 valence electrons. The molecule has 2 aromatic rings. The molecule has 0 aromatic heterocycles. The Balaban J connectivity index is 1.89. The summed E-state index contributed by atoms with van der Waals surface area (Å²) >= 11 is 2.07. The molecule has 36 heavy (non-hydrogen) atoms. The minimum absolute atomic E-state index is 0.0375. The van der Waals surface area contributed by atoms with Crippen LogP contribution in [0.3, 0.4) is 0 Å². The monoisotopic (exact) mass is 538 g/mol. The van der Waals surface area contributed by atoms with Gasteiger partial charge in [0.15, 0.2) is 0 Å². The summed E-state index contributed by atoms with van der Waals surface area (Å²) in [4.78, 5) is 1.38. The molecule has 0 radical (unpaired) electrons. The van der Waals surface area contributed by atoms with Crippen molar-refractivity contribution < 1.29 is 9.16 Å². The Morgan fingerprint density at radius 3 is 1.89 bits per heavy atom. The normalized spacial score (nSPS) is 23.1. The number of ether oxygens (including phenoxy) is 1. The zero-order valence-corrected chi connectivity index (χ0v) is 26.4. The molecule has 5 heteroatoms. The third-order valence-corrected chi connectivity index (χ3v) is 19.1. The molecule has 0 aliphatic carbocycles. The average Bonchev–Trinajstić information content (AvgIpc) is 3.25. The van der Waals surface area contributed by atoms with Crippen molar-refractivity contribution >= 4 is 31.7 Å². The summed E-state index contributed by atoms with van der Waals surface area (Å²) in [5, 5.41) is 1.52.